The van der Waals surface area contributed by atoms with Crippen LogP contribution in [0.1, 0.15) is 11.1 Å². The third kappa shape index (κ3) is 4.33. The Balaban J connectivity index is 2.01. The fourth-order valence-electron chi connectivity index (χ4n) is 3.08. The monoisotopic (exact) mass is 425 g/mol. The summed E-state index contributed by atoms with van der Waals surface area (Å²) in [7, 11) is 0. The summed E-state index contributed by atoms with van der Waals surface area (Å²) in [5, 5.41) is 9.95. The fourth-order valence-corrected chi connectivity index (χ4v) is 3.74. The second-order valence-electron chi connectivity index (χ2n) is 6.23. The molecule has 0 aliphatic carbocycles. The minimum absolute atomic E-state index is 0.0963. The predicted molar refractivity (Wildman–Crippen MR) is 104 cm³/mol. The molecule has 2 aromatic rings. The molecule has 2 N–H and O–H groups in total. The SMILES string of the molecule is CSc1cc2c(cc1C(F)(F)F)N(C(=O)N(NC(=O)CO)c1ccccc1)CC2. The summed E-state index contributed by atoms with van der Waals surface area (Å²) in [5.74, 6) is -0.824. The number of fused-ring (bicyclic) bond motifs is 1. The molecule has 154 valence electrons. The number of rotatable bonds is 3. The number of urea groups is 1. The van der Waals surface area contributed by atoms with Gasteiger partial charge in [0.2, 0.25) is 0 Å². The number of amides is 3. The van der Waals surface area contributed by atoms with Gasteiger partial charge in [0.05, 0.1) is 11.3 Å². The molecule has 6 nitrogen and oxygen atoms in total. The van der Waals surface area contributed by atoms with E-state index in [4.69, 9.17) is 5.11 Å². The minimum atomic E-state index is -4.56. The van der Waals surface area contributed by atoms with Gasteiger partial charge in [-0.15, -0.1) is 11.8 Å². The van der Waals surface area contributed by atoms with E-state index in [1.165, 1.54) is 11.0 Å². The van der Waals surface area contributed by atoms with Crippen LogP contribution in [0.2, 0.25) is 0 Å². The summed E-state index contributed by atoms with van der Waals surface area (Å²) in [6, 6.07) is 9.83. The molecule has 0 unspecified atom stereocenters. The largest absolute Gasteiger partial charge is 0.417 e. The normalized spacial score (nSPS) is 13.2. The first-order valence-electron chi connectivity index (χ1n) is 8.61. The highest BCUT2D eigenvalue weighted by Crippen LogP contribution is 2.42. The van der Waals surface area contributed by atoms with Gasteiger partial charge in [-0.05, 0) is 42.5 Å². The smallest absolute Gasteiger partial charge is 0.386 e. The molecule has 0 saturated carbocycles. The van der Waals surface area contributed by atoms with Crippen LogP contribution in [0.25, 0.3) is 0 Å². The van der Waals surface area contributed by atoms with E-state index in [2.05, 4.69) is 5.43 Å². The molecule has 0 bridgehead atoms. The Hall–Kier alpha value is -2.72. The van der Waals surface area contributed by atoms with Crippen LogP contribution in [-0.4, -0.2) is 36.5 Å². The Morgan fingerprint density at radius 3 is 2.52 bits per heavy atom. The number of para-hydroxylation sites is 1. The Labute approximate surface area is 169 Å². The molecule has 0 aromatic heterocycles. The van der Waals surface area contributed by atoms with Crippen molar-refractivity contribution < 1.29 is 27.9 Å². The standard InChI is InChI=1S/C19H18F3N3O3S/c1-29-16-9-12-7-8-24(15(12)10-14(16)19(20,21)22)18(28)25(23-17(27)11-26)13-5-3-2-4-6-13/h2-6,9-10,26H,7-8,11H2,1H3,(H,23,27). The number of benzene rings is 2. The van der Waals surface area contributed by atoms with Crippen molar-refractivity contribution in [2.75, 3.05) is 29.3 Å². The summed E-state index contributed by atoms with van der Waals surface area (Å²) in [6.07, 6.45) is -2.60. The van der Waals surface area contributed by atoms with Gasteiger partial charge in [-0.3, -0.25) is 15.1 Å². The number of aliphatic hydroxyl groups excluding tert-OH is 1. The van der Waals surface area contributed by atoms with Gasteiger partial charge in [-0.2, -0.15) is 13.2 Å². The van der Waals surface area contributed by atoms with E-state index >= 15 is 0 Å². The van der Waals surface area contributed by atoms with Crippen LogP contribution < -0.4 is 15.3 Å². The van der Waals surface area contributed by atoms with Gasteiger partial charge in [-0.25, -0.2) is 9.80 Å². The Kier molecular flexibility index (Phi) is 6.04. The van der Waals surface area contributed by atoms with Crippen molar-refractivity contribution in [3.63, 3.8) is 0 Å². The average molecular weight is 425 g/mol. The third-order valence-electron chi connectivity index (χ3n) is 4.42. The maximum absolute atomic E-state index is 13.5. The zero-order valence-electron chi connectivity index (χ0n) is 15.4. The molecular formula is C19H18F3N3O3S. The molecule has 1 aliphatic heterocycles. The van der Waals surface area contributed by atoms with Crippen LogP contribution in [0, 0.1) is 0 Å². The fraction of sp³-hybridized carbons (Fsp3) is 0.263. The molecule has 1 heterocycles. The van der Waals surface area contributed by atoms with E-state index in [0.717, 1.165) is 22.8 Å². The van der Waals surface area contributed by atoms with Gasteiger partial charge in [0.25, 0.3) is 5.91 Å². The van der Waals surface area contributed by atoms with Gasteiger partial charge in [-0.1, -0.05) is 18.2 Å². The van der Waals surface area contributed by atoms with E-state index in [0.29, 0.717) is 17.7 Å². The first kappa shape index (κ1) is 21.0. The van der Waals surface area contributed by atoms with Crippen LogP contribution in [0.3, 0.4) is 0 Å². The number of carbonyl (C=O) groups is 2. The Bertz CT molecular complexity index is 922. The molecule has 10 heteroatoms. The highest BCUT2D eigenvalue weighted by atomic mass is 32.2. The maximum Gasteiger partial charge on any atom is 0.417 e. The first-order chi connectivity index (χ1) is 13.8. The van der Waals surface area contributed by atoms with Crippen molar-refractivity contribution in [2.24, 2.45) is 0 Å². The first-order valence-corrected chi connectivity index (χ1v) is 9.84. The lowest BCUT2D eigenvalue weighted by Crippen LogP contribution is -2.53. The summed E-state index contributed by atoms with van der Waals surface area (Å²) in [6.45, 7) is -0.676. The number of thioether (sulfide) groups is 1. The molecule has 29 heavy (non-hydrogen) atoms. The lowest BCUT2D eigenvalue weighted by Gasteiger charge is -2.28. The van der Waals surface area contributed by atoms with Crippen molar-refractivity contribution in [3.8, 4) is 0 Å². The summed E-state index contributed by atoms with van der Waals surface area (Å²) in [4.78, 5) is 26.1. The lowest BCUT2D eigenvalue weighted by atomic mass is 10.1. The highest BCUT2D eigenvalue weighted by molar-refractivity contribution is 7.98. The van der Waals surface area contributed by atoms with Gasteiger partial charge < -0.3 is 5.11 Å². The Morgan fingerprint density at radius 2 is 1.93 bits per heavy atom. The third-order valence-corrected chi connectivity index (χ3v) is 5.20. The molecule has 0 saturated heterocycles. The molecule has 0 radical (unpaired) electrons. The second-order valence-corrected chi connectivity index (χ2v) is 7.08. The van der Waals surface area contributed by atoms with Crippen LogP contribution in [0.4, 0.5) is 29.3 Å². The number of anilines is 2. The zero-order chi connectivity index (χ0) is 21.2. The number of halogens is 3. The number of hydrogen-bond acceptors (Lipinski definition) is 4. The van der Waals surface area contributed by atoms with E-state index < -0.39 is 30.3 Å². The lowest BCUT2D eigenvalue weighted by molar-refractivity contribution is -0.139. The van der Waals surface area contributed by atoms with Gasteiger partial charge in [0, 0.05) is 17.1 Å². The predicted octanol–water partition coefficient (Wildman–Crippen LogP) is 3.44. The second kappa shape index (κ2) is 8.34. The number of nitrogens with zero attached hydrogens (tertiary/aromatic N) is 2. The van der Waals surface area contributed by atoms with Gasteiger partial charge in [0.1, 0.15) is 6.61 Å². The molecule has 1 aliphatic rings. The molecule has 0 atom stereocenters. The van der Waals surface area contributed by atoms with Crippen LogP contribution in [-0.2, 0) is 17.4 Å². The van der Waals surface area contributed by atoms with Crippen LogP contribution >= 0.6 is 11.8 Å². The molecular weight excluding hydrogens is 407 g/mol. The highest BCUT2D eigenvalue weighted by Gasteiger charge is 2.37. The van der Waals surface area contributed by atoms with Crippen molar-refractivity contribution in [2.45, 2.75) is 17.5 Å². The number of hydrazine groups is 1. The summed E-state index contributed by atoms with van der Waals surface area (Å²) >= 11 is 0.994. The van der Waals surface area contributed by atoms with E-state index in [9.17, 15) is 22.8 Å². The van der Waals surface area contributed by atoms with Crippen molar-refractivity contribution in [3.05, 3.63) is 53.6 Å². The van der Waals surface area contributed by atoms with E-state index in [-0.39, 0.29) is 17.1 Å². The average Bonchev–Trinajstić information content (AvgIpc) is 3.13. The number of nitrogens with one attached hydrogen (secondary N) is 1. The quantitative estimate of drug-likeness (QED) is 0.584. The maximum atomic E-state index is 13.5. The van der Waals surface area contributed by atoms with E-state index in [1.807, 2.05) is 0 Å². The van der Waals surface area contributed by atoms with Crippen LogP contribution in [0.15, 0.2) is 47.4 Å². The molecule has 2 aromatic carbocycles. The Morgan fingerprint density at radius 1 is 1.24 bits per heavy atom. The van der Waals surface area contributed by atoms with Gasteiger partial charge >= 0.3 is 12.2 Å². The summed E-state index contributed by atoms with van der Waals surface area (Å²) < 4.78 is 40.4. The van der Waals surface area contributed by atoms with Crippen LogP contribution in [0.5, 0.6) is 0 Å². The van der Waals surface area contributed by atoms with Gasteiger partial charge in [0.15, 0.2) is 0 Å². The number of carbonyl (C=O) groups excluding carboxylic acids is 2. The molecule has 0 spiro atoms. The molecule has 0 fully saturated rings. The number of aliphatic hydroxyl groups is 1. The van der Waals surface area contributed by atoms with E-state index in [1.54, 1.807) is 36.6 Å². The molecule has 3 amide bonds. The van der Waals surface area contributed by atoms with Crippen molar-refractivity contribution in [1.82, 2.24) is 5.43 Å². The van der Waals surface area contributed by atoms with Crippen molar-refractivity contribution >= 4 is 35.1 Å². The topological polar surface area (TPSA) is 72.9 Å². The minimum Gasteiger partial charge on any atom is -0.386 e. The number of hydrogen-bond donors (Lipinski definition) is 2. The molecule has 3 rings (SSSR count). The number of alkyl halides is 3. The van der Waals surface area contributed by atoms with Crippen molar-refractivity contribution in [1.29, 1.82) is 0 Å². The summed E-state index contributed by atoms with van der Waals surface area (Å²) in [5.41, 5.74) is 2.56. The zero-order valence-corrected chi connectivity index (χ0v) is 16.2.